The number of carbonyl (C=O) groups is 2. The van der Waals surface area contributed by atoms with Crippen molar-refractivity contribution in [3.05, 3.63) is 35.9 Å². The Labute approximate surface area is 154 Å². The first-order valence-electron chi connectivity index (χ1n) is 9.91. The minimum Gasteiger partial charge on any atom is -0.480 e. The van der Waals surface area contributed by atoms with Crippen molar-refractivity contribution in [2.75, 3.05) is 13.1 Å². The van der Waals surface area contributed by atoms with E-state index in [0.29, 0.717) is 17.9 Å². The summed E-state index contributed by atoms with van der Waals surface area (Å²) in [6.45, 7) is 1.02. The van der Waals surface area contributed by atoms with Gasteiger partial charge in [0.05, 0.1) is 12.5 Å². The summed E-state index contributed by atoms with van der Waals surface area (Å²) in [7, 11) is 0. The summed E-state index contributed by atoms with van der Waals surface area (Å²) in [5.74, 6) is 0.522. The van der Waals surface area contributed by atoms with Crippen LogP contribution in [0.5, 0.6) is 0 Å². The highest BCUT2D eigenvalue weighted by Crippen LogP contribution is 2.43. The van der Waals surface area contributed by atoms with E-state index in [0.717, 1.165) is 37.8 Å². The maximum absolute atomic E-state index is 12.9. The quantitative estimate of drug-likeness (QED) is 0.714. The van der Waals surface area contributed by atoms with Gasteiger partial charge in [-0.2, -0.15) is 0 Å². The third kappa shape index (κ3) is 4.26. The molecule has 1 aromatic rings. The topological polar surface area (TPSA) is 69.6 Å². The molecule has 26 heavy (non-hydrogen) atoms. The Morgan fingerprint density at radius 3 is 2.38 bits per heavy atom. The SMILES string of the molecule is O=C(O)CN(CC1CC1)C1CC(NC(=O)C(c2ccccc2)C2CC2)C1. The highest BCUT2D eigenvalue weighted by molar-refractivity contribution is 5.84. The molecule has 4 rings (SSSR count). The molecule has 3 fully saturated rings. The van der Waals surface area contributed by atoms with Gasteiger partial charge >= 0.3 is 5.97 Å². The lowest BCUT2D eigenvalue weighted by Crippen LogP contribution is -2.56. The van der Waals surface area contributed by atoms with Crippen molar-refractivity contribution in [2.24, 2.45) is 11.8 Å². The number of hydrogen-bond acceptors (Lipinski definition) is 3. The Balaban J connectivity index is 1.31. The van der Waals surface area contributed by atoms with Crippen LogP contribution in [0.25, 0.3) is 0 Å². The van der Waals surface area contributed by atoms with Crippen molar-refractivity contribution < 1.29 is 14.7 Å². The smallest absolute Gasteiger partial charge is 0.317 e. The monoisotopic (exact) mass is 356 g/mol. The van der Waals surface area contributed by atoms with Crippen LogP contribution in [0.3, 0.4) is 0 Å². The van der Waals surface area contributed by atoms with Gasteiger partial charge in [-0.1, -0.05) is 30.3 Å². The van der Waals surface area contributed by atoms with E-state index in [1.54, 1.807) is 0 Å². The summed E-state index contributed by atoms with van der Waals surface area (Å²) in [5.41, 5.74) is 1.12. The van der Waals surface area contributed by atoms with Crippen molar-refractivity contribution in [3.63, 3.8) is 0 Å². The van der Waals surface area contributed by atoms with Gasteiger partial charge in [-0.05, 0) is 55.9 Å². The summed E-state index contributed by atoms with van der Waals surface area (Å²) >= 11 is 0. The second-order valence-corrected chi connectivity index (χ2v) is 8.32. The highest BCUT2D eigenvalue weighted by Gasteiger charge is 2.41. The molecule has 5 nitrogen and oxygen atoms in total. The van der Waals surface area contributed by atoms with Crippen molar-refractivity contribution in [1.82, 2.24) is 10.2 Å². The summed E-state index contributed by atoms with van der Waals surface area (Å²) in [6.07, 6.45) is 6.46. The molecular weight excluding hydrogens is 328 g/mol. The van der Waals surface area contributed by atoms with Crippen LogP contribution < -0.4 is 5.32 Å². The first-order chi connectivity index (χ1) is 12.6. The Morgan fingerprint density at radius 2 is 1.81 bits per heavy atom. The molecule has 140 valence electrons. The Kier molecular flexibility index (Phi) is 4.98. The number of hydrogen-bond donors (Lipinski definition) is 2. The number of amides is 1. The molecule has 0 saturated heterocycles. The van der Waals surface area contributed by atoms with E-state index in [4.69, 9.17) is 5.11 Å². The number of benzene rings is 1. The van der Waals surface area contributed by atoms with Gasteiger partial charge in [0.25, 0.3) is 0 Å². The van der Waals surface area contributed by atoms with Crippen LogP contribution in [0.15, 0.2) is 30.3 Å². The fourth-order valence-electron chi connectivity index (χ4n) is 4.17. The number of nitrogens with one attached hydrogen (secondary N) is 1. The van der Waals surface area contributed by atoms with E-state index in [2.05, 4.69) is 22.3 Å². The summed E-state index contributed by atoms with van der Waals surface area (Å²) < 4.78 is 0. The Morgan fingerprint density at radius 1 is 1.12 bits per heavy atom. The zero-order chi connectivity index (χ0) is 18.1. The van der Waals surface area contributed by atoms with Gasteiger partial charge in [-0.15, -0.1) is 0 Å². The predicted molar refractivity (Wildman–Crippen MR) is 98.8 cm³/mol. The van der Waals surface area contributed by atoms with Crippen molar-refractivity contribution >= 4 is 11.9 Å². The number of carbonyl (C=O) groups excluding carboxylic acids is 1. The van der Waals surface area contributed by atoms with Crippen molar-refractivity contribution in [2.45, 2.75) is 56.5 Å². The van der Waals surface area contributed by atoms with Crippen molar-refractivity contribution in [3.8, 4) is 0 Å². The van der Waals surface area contributed by atoms with Gasteiger partial charge in [0.15, 0.2) is 0 Å². The Bertz CT molecular complexity index is 648. The molecule has 0 heterocycles. The molecule has 3 aliphatic rings. The molecule has 1 unspecified atom stereocenters. The lowest BCUT2D eigenvalue weighted by atomic mass is 9.84. The van der Waals surface area contributed by atoms with E-state index >= 15 is 0 Å². The van der Waals surface area contributed by atoms with E-state index in [-0.39, 0.29) is 24.4 Å². The predicted octanol–water partition coefficient (Wildman–Crippen LogP) is 2.62. The van der Waals surface area contributed by atoms with Crippen LogP contribution >= 0.6 is 0 Å². The molecule has 1 aromatic carbocycles. The van der Waals surface area contributed by atoms with Gasteiger partial charge in [0.2, 0.25) is 5.91 Å². The summed E-state index contributed by atoms with van der Waals surface area (Å²) in [4.78, 5) is 26.1. The van der Waals surface area contributed by atoms with Crippen molar-refractivity contribution in [1.29, 1.82) is 0 Å². The van der Waals surface area contributed by atoms with Crippen LogP contribution in [-0.2, 0) is 9.59 Å². The lowest BCUT2D eigenvalue weighted by molar-refractivity contribution is -0.140. The van der Waals surface area contributed by atoms with E-state index in [1.807, 2.05) is 18.2 Å². The second kappa shape index (κ2) is 7.39. The second-order valence-electron chi connectivity index (χ2n) is 8.32. The maximum Gasteiger partial charge on any atom is 0.317 e. The molecule has 2 N–H and O–H groups in total. The van der Waals surface area contributed by atoms with Crippen LogP contribution in [0.4, 0.5) is 0 Å². The molecule has 3 saturated carbocycles. The number of carboxylic acids is 1. The van der Waals surface area contributed by atoms with E-state index in [9.17, 15) is 9.59 Å². The largest absolute Gasteiger partial charge is 0.480 e. The van der Waals surface area contributed by atoms with Gasteiger partial charge in [-0.3, -0.25) is 14.5 Å². The normalized spacial score (nSPS) is 26.2. The van der Waals surface area contributed by atoms with Crippen LogP contribution in [-0.4, -0.2) is 47.1 Å². The van der Waals surface area contributed by atoms with Crippen LogP contribution in [0.2, 0.25) is 0 Å². The standard InChI is InChI=1S/C21H28N2O3/c24-19(25)13-23(12-14-6-7-14)18-10-17(11-18)22-21(26)20(16-8-9-16)15-4-2-1-3-5-15/h1-5,14,16-18,20H,6-13H2,(H,22,26)(H,24,25). The molecular formula is C21H28N2O3. The van der Waals surface area contributed by atoms with Crippen LogP contribution in [0, 0.1) is 11.8 Å². The van der Waals surface area contributed by atoms with Crippen LogP contribution in [0.1, 0.15) is 50.0 Å². The van der Waals surface area contributed by atoms with Gasteiger partial charge in [-0.25, -0.2) is 0 Å². The minimum absolute atomic E-state index is 0.0307. The fourth-order valence-corrected chi connectivity index (χ4v) is 4.17. The molecule has 0 aliphatic heterocycles. The third-order valence-electron chi connectivity index (χ3n) is 6.04. The number of nitrogens with zero attached hydrogens (tertiary/aromatic N) is 1. The summed E-state index contributed by atoms with van der Waals surface area (Å²) in [6, 6.07) is 10.6. The first-order valence-corrected chi connectivity index (χ1v) is 9.91. The minimum atomic E-state index is -0.754. The molecule has 1 atom stereocenters. The summed E-state index contributed by atoms with van der Waals surface area (Å²) in [5, 5.41) is 12.4. The van der Waals surface area contributed by atoms with Gasteiger partial charge < -0.3 is 10.4 Å². The fraction of sp³-hybridized carbons (Fsp3) is 0.619. The van der Waals surface area contributed by atoms with E-state index < -0.39 is 5.97 Å². The van der Waals surface area contributed by atoms with E-state index in [1.165, 1.54) is 12.8 Å². The third-order valence-corrected chi connectivity index (χ3v) is 6.04. The molecule has 0 radical (unpaired) electrons. The van der Waals surface area contributed by atoms with Gasteiger partial charge in [0, 0.05) is 18.6 Å². The molecule has 0 aromatic heterocycles. The molecule has 3 aliphatic carbocycles. The molecule has 0 spiro atoms. The lowest BCUT2D eigenvalue weighted by Gasteiger charge is -2.43. The zero-order valence-corrected chi connectivity index (χ0v) is 15.1. The zero-order valence-electron chi connectivity index (χ0n) is 15.1. The molecule has 5 heteroatoms. The average molecular weight is 356 g/mol. The maximum atomic E-state index is 12.9. The highest BCUT2D eigenvalue weighted by atomic mass is 16.4. The molecule has 0 bridgehead atoms. The number of carboxylic acid groups (broad SMARTS) is 1. The van der Waals surface area contributed by atoms with Gasteiger partial charge in [0.1, 0.15) is 0 Å². The Hall–Kier alpha value is -1.88. The first kappa shape index (κ1) is 17.5. The average Bonchev–Trinajstić information content (AvgIpc) is 3.46. The number of aliphatic carboxylic acids is 1. The number of rotatable bonds is 9. The molecule has 1 amide bonds.